The van der Waals surface area contributed by atoms with E-state index in [-0.39, 0.29) is 11.8 Å². The molecule has 0 bridgehead atoms. The van der Waals surface area contributed by atoms with Crippen molar-refractivity contribution >= 4 is 5.91 Å². The predicted octanol–water partition coefficient (Wildman–Crippen LogP) is -0.221. The van der Waals surface area contributed by atoms with Gasteiger partial charge >= 0.3 is 0 Å². The summed E-state index contributed by atoms with van der Waals surface area (Å²) in [5.41, 5.74) is 10.6. The third kappa shape index (κ3) is 5.60. The van der Waals surface area contributed by atoms with Crippen LogP contribution in [-0.4, -0.2) is 37.0 Å². The van der Waals surface area contributed by atoms with Gasteiger partial charge in [-0.1, -0.05) is 13.8 Å². The maximum Gasteiger partial charge on any atom is 0.221 e. The lowest BCUT2D eigenvalue weighted by molar-refractivity contribution is -0.121. The number of carbonyl (C=O) groups is 1. The predicted molar refractivity (Wildman–Crippen MR) is 54.1 cm³/mol. The average Bonchev–Trinajstić information content (AvgIpc) is 2.05. The van der Waals surface area contributed by atoms with Gasteiger partial charge in [0.2, 0.25) is 5.91 Å². The van der Waals surface area contributed by atoms with E-state index in [0.29, 0.717) is 6.54 Å². The Hall–Kier alpha value is -0.610. The molecular weight excluding hydrogens is 166 g/mol. The number of hydrogen-bond donors (Lipinski definition) is 2. The largest absolute Gasteiger partial charge is 0.369 e. The first-order valence-corrected chi connectivity index (χ1v) is 4.83. The standard InChI is InChI=1S/C9H21N3O/c1-3-5-12(6-4-10)7-8(2)9(11)13/h8H,3-7,10H2,1-2H3,(H2,11,13). The van der Waals surface area contributed by atoms with Crippen molar-refractivity contribution in [3.8, 4) is 0 Å². The highest BCUT2D eigenvalue weighted by Gasteiger charge is 2.12. The van der Waals surface area contributed by atoms with E-state index in [2.05, 4.69) is 11.8 Å². The first-order chi connectivity index (χ1) is 6.11. The topological polar surface area (TPSA) is 72.3 Å². The van der Waals surface area contributed by atoms with Gasteiger partial charge in [-0.2, -0.15) is 0 Å². The van der Waals surface area contributed by atoms with Gasteiger partial charge in [-0.3, -0.25) is 4.79 Å². The van der Waals surface area contributed by atoms with Crippen LogP contribution in [0.15, 0.2) is 0 Å². The third-order valence-electron chi connectivity index (χ3n) is 2.00. The van der Waals surface area contributed by atoms with E-state index in [0.717, 1.165) is 26.1 Å². The van der Waals surface area contributed by atoms with E-state index in [9.17, 15) is 4.79 Å². The summed E-state index contributed by atoms with van der Waals surface area (Å²) in [5.74, 6) is -0.323. The summed E-state index contributed by atoms with van der Waals surface area (Å²) < 4.78 is 0. The lowest BCUT2D eigenvalue weighted by Crippen LogP contribution is -2.37. The Balaban J connectivity index is 3.85. The van der Waals surface area contributed by atoms with Crippen molar-refractivity contribution in [3.63, 3.8) is 0 Å². The second-order valence-corrected chi connectivity index (χ2v) is 3.39. The van der Waals surface area contributed by atoms with Crippen molar-refractivity contribution in [1.29, 1.82) is 0 Å². The zero-order valence-corrected chi connectivity index (χ0v) is 8.62. The second-order valence-electron chi connectivity index (χ2n) is 3.39. The number of rotatable bonds is 7. The molecule has 1 amide bonds. The highest BCUT2D eigenvalue weighted by molar-refractivity contribution is 5.76. The molecule has 13 heavy (non-hydrogen) atoms. The summed E-state index contributed by atoms with van der Waals surface area (Å²) in [6.45, 7) is 7.13. The minimum atomic E-state index is -0.238. The summed E-state index contributed by atoms with van der Waals surface area (Å²) in [4.78, 5) is 13.0. The van der Waals surface area contributed by atoms with Gasteiger partial charge in [0.25, 0.3) is 0 Å². The van der Waals surface area contributed by atoms with Crippen molar-refractivity contribution in [2.45, 2.75) is 20.3 Å². The molecule has 78 valence electrons. The van der Waals surface area contributed by atoms with Gasteiger partial charge in [0.1, 0.15) is 0 Å². The highest BCUT2D eigenvalue weighted by atomic mass is 16.1. The first-order valence-electron chi connectivity index (χ1n) is 4.83. The molecule has 0 aliphatic heterocycles. The van der Waals surface area contributed by atoms with E-state index < -0.39 is 0 Å². The number of nitrogens with two attached hydrogens (primary N) is 2. The van der Waals surface area contributed by atoms with Crippen LogP contribution in [0.25, 0.3) is 0 Å². The van der Waals surface area contributed by atoms with Crippen molar-refractivity contribution < 1.29 is 4.79 Å². The van der Waals surface area contributed by atoms with Crippen molar-refractivity contribution in [1.82, 2.24) is 4.90 Å². The van der Waals surface area contributed by atoms with Crippen molar-refractivity contribution in [2.75, 3.05) is 26.2 Å². The fourth-order valence-corrected chi connectivity index (χ4v) is 1.27. The maximum absolute atomic E-state index is 10.8. The number of hydrogen-bond acceptors (Lipinski definition) is 3. The lowest BCUT2D eigenvalue weighted by atomic mass is 10.1. The highest BCUT2D eigenvalue weighted by Crippen LogP contribution is 1.99. The number of nitrogens with zero attached hydrogens (tertiary/aromatic N) is 1. The number of carbonyl (C=O) groups excluding carboxylic acids is 1. The van der Waals surface area contributed by atoms with Crippen LogP contribution in [0.1, 0.15) is 20.3 Å². The molecule has 0 aromatic heterocycles. The molecule has 0 aromatic carbocycles. The molecule has 4 N–H and O–H groups in total. The fourth-order valence-electron chi connectivity index (χ4n) is 1.27. The van der Waals surface area contributed by atoms with Crippen LogP contribution >= 0.6 is 0 Å². The normalized spacial score (nSPS) is 13.2. The Morgan fingerprint density at radius 1 is 1.46 bits per heavy atom. The fraction of sp³-hybridized carbons (Fsp3) is 0.889. The van der Waals surface area contributed by atoms with Gasteiger partial charge < -0.3 is 16.4 Å². The van der Waals surface area contributed by atoms with E-state index in [1.807, 2.05) is 6.92 Å². The van der Waals surface area contributed by atoms with E-state index in [1.165, 1.54) is 0 Å². The Labute approximate surface area is 80.3 Å². The van der Waals surface area contributed by atoms with Crippen molar-refractivity contribution in [3.05, 3.63) is 0 Å². The van der Waals surface area contributed by atoms with Crippen LogP contribution in [0.3, 0.4) is 0 Å². The van der Waals surface area contributed by atoms with Crippen LogP contribution in [-0.2, 0) is 4.79 Å². The molecule has 0 spiro atoms. The van der Waals surface area contributed by atoms with Crippen LogP contribution in [0.5, 0.6) is 0 Å². The Bertz CT molecular complexity index is 144. The maximum atomic E-state index is 10.8. The molecule has 0 aliphatic rings. The number of amides is 1. The van der Waals surface area contributed by atoms with Gasteiger partial charge in [0.05, 0.1) is 0 Å². The molecule has 4 heteroatoms. The van der Waals surface area contributed by atoms with Gasteiger partial charge in [-0.05, 0) is 13.0 Å². The molecule has 0 heterocycles. The average molecular weight is 187 g/mol. The van der Waals surface area contributed by atoms with E-state index >= 15 is 0 Å². The van der Waals surface area contributed by atoms with Crippen LogP contribution in [0, 0.1) is 5.92 Å². The van der Waals surface area contributed by atoms with Gasteiger partial charge in [0.15, 0.2) is 0 Å². The monoisotopic (exact) mass is 187 g/mol. The first kappa shape index (κ1) is 12.4. The SMILES string of the molecule is CCCN(CCN)CC(C)C(N)=O. The molecule has 0 aromatic rings. The van der Waals surface area contributed by atoms with Crippen molar-refractivity contribution in [2.24, 2.45) is 17.4 Å². The van der Waals surface area contributed by atoms with Crippen LogP contribution in [0.2, 0.25) is 0 Å². The molecular formula is C9H21N3O. The lowest BCUT2D eigenvalue weighted by Gasteiger charge is -2.23. The van der Waals surface area contributed by atoms with Crippen LogP contribution in [0.4, 0.5) is 0 Å². The zero-order chi connectivity index (χ0) is 10.3. The molecule has 0 rings (SSSR count). The Kier molecular flexibility index (Phi) is 6.54. The smallest absolute Gasteiger partial charge is 0.221 e. The minimum Gasteiger partial charge on any atom is -0.369 e. The molecule has 0 saturated heterocycles. The zero-order valence-electron chi connectivity index (χ0n) is 8.62. The molecule has 1 unspecified atom stereocenters. The van der Waals surface area contributed by atoms with Gasteiger partial charge in [0, 0.05) is 25.6 Å². The molecule has 0 saturated carbocycles. The summed E-state index contributed by atoms with van der Waals surface area (Å²) >= 11 is 0. The van der Waals surface area contributed by atoms with Gasteiger partial charge in [-0.15, -0.1) is 0 Å². The number of primary amides is 1. The molecule has 0 aliphatic carbocycles. The second kappa shape index (κ2) is 6.86. The molecule has 0 radical (unpaired) electrons. The van der Waals surface area contributed by atoms with E-state index in [1.54, 1.807) is 0 Å². The summed E-state index contributed by atoms with van der Waals surface area (Å²) in [7, 11) is 0. The van der Waals surface area contributed by atoms with E-state index in [4.69, 9.17) is 11.5 Å². The quantitative estimate of drug-likeness (QED) is 0.578. The van der Waals surface area contributed by atoms with Crippen LogP contribution < -0.4 is 11.5 Å². The summed E-state index contributed by atoms with van der Waals surface area (Å²) in [6.07, 6.45) is 1.07. The molecule has 1 atom stereocenters. The van der Waals surface area contributed by atoms with Gasteiger partial charge in [-0.25, -0.2) is 0 Å². The Morgan fingerprint density at radius 3 is 2.46 bits per heavy atom. The summed E-state index contributed by atoms with van der Waals surface area (Å²) in [6, 6.07) is 0. The summed E-state index contributed by atoms with van der Waals surface area (Å²) in [5, 5.41) is 0. The third-order valence-corrected chi connectivity index (χ3v) is 2.00. The minimum absolute atomic E-state index is 0.0851. The molecule has 4 nitrogen and oxygen atoms in total. The molecule has 0 fully saturated rings. The Morgan fingerprint density at radius 2 is 2.08 bits per heavy atom.